The maximum Gasteiger partial charge on any atom is 0.253 e. The van der Waals surface area contributed by atoms with Crippen LogP contribution >= 0.6 is 0 Å². The number of carbonyl (C=O) groups excluding carboxylic acids is 2. The summed E-state index contributed by atoms with van der Waals surface area (Å²) < 4.78 is 5.39. The van der Waals surface area contributed by atoms with E-state index < -0.39 is 0 Å². The minimum atomic E-state index is -0.0473. The van der Waals surface area contributed by atoms with E-state index in [1.54, 1.807) is 13.3 Å². The van der Waals surface area contributed by atoms with Crippen LogP contribution in [0.1, 0.15) is 64.8 Å². The molecule has 8 nitrogen and oxygen atoms in total. The molecular weight excluding hydrogens is 454 g/mol. The number of benzene rings is 1. The number of hydrogen-bond acceptors (Lipinski definition) is 6. The van der Waals surface area contributed by atoms with Crippen LogP contribution < -0.4 is 25.6 Å². The lowest BCUT2D eigenvalue weighted by Gasteiger charge is -2.43. The van der Waals surface area contributed by atoms with Crippen LogP contribution in [0.3, 0.4) is 0 Å². The Hall–Kier alpha value is -3.13. The van der Waals surface area contributed by atoms with Gasteiger partial charge in [0.15, 0.2) is 0 Å². The zero-order chi connectivity index (χ0) is 25.1. The summed E-state index contributed by atoms with van der Waals surface area (Å²) in [6.45, 7) is 4.64. The highest BCUT2D eigenvalue weighted by atomic mass is 16.5. The molecule has 0 bridgehead atoms. The van der Waals surface area contributed by atoms with E-state index in [2.05, 4.69) is 20.9 Å². The molecule has 1 aromatic carbocycles. The van der Waals surface area contributed by atoms with Crippen LogP contribution in [-0.4, -0.2) is 61.7 Å². The minimum Gasteiger partial charge on any atom is -0.496 e. The molecule has 0 radical (unpaired) electrons. The van der Waals surface area contributed by atoms with E-state index in [-0.39, 0.29) is 23.9 Å². The molecule has 2 aliphatic heterocycles. The van der Waals surface area contributed by atoms with Crippen molar-refractivity contribution >= 4 is 17.6 Å². The Balaban J connectivity index is 1.22. The van der Waals surface area contributed by atoms with E-state index in [4.69, 9.17) is 9.72 Å². The van der Waals surface area contributed by atoms with Crippen molar-refractivity contribution in [2.75, 3.05) is 31.6 Å². The van der Waals surface area contributed by atoms with Gasteiger partial charge in [0, 0.05) is 42.0 Å². The van der Waals surface area contributed by atoms with Crippen molar-refractivity contribution in [3.8, 4) is 5.75 Å². The SMILES string of the molecule is COc1cccc(C(=O)NC2CCN(c3ccc(C(=O)NC4CCNCC4)cn3)C3CCC3C2)c1C. The summed E-state index contributed by atoms with van der Waals surface area (Å²) in [7, 11) is 1.63. The first kappa shape index (κ1) is 24.6. The van der Waals surface area contributed by atoms with Gasteiger partial charge in [-0.25, -0.2) is 4.98 Å². The molecule has 3 heterocycles. The second-order valence-electron chi connectivity index (χ2n) is 10.3. The highest BCUT2D eigenvalue weighted by Gasteiger charge is 2.40. The van der Waals surface area contributed by atoms with Gasteiger partial charge in [-0.2, -0.15) is 0 Å². The number of piperidine rings is 1. The molecular formula is C28H37N5O3. The molecule has 5 rings (SSSR count). The molecule has 3 aliphatic rings. The fraction of sp³-hybridized carbons (Fsp3) is 0.536. The monoisotopic (exact) mass is 491 g/mol. The van der Waals surface area contributed by atoms with Crippen molar-refractivity contribution in [1.29, 1.82) is 0 Å². The van der Waals surface area contributed by atoms with Crippen LogP contribution in [0.15, 0.2) is 36.5 Å². The molecule has 3 fully saturated rings. The van der Waals surface area contributed by atoms with E-state index in [1.807, 2.05) is 37.3 Å². The summed E-state index contributed by atoms with van der Waals surface area (Å²) in [4.78, 5) is 32.8. The number of ether oxygens (including phenoxy) is 1. The maximum atomic E-state index is 13.1. The summed E-state index contributed by atoms with van der Waals surface area (Å²) in [6, 6.07) is 10.3. The van der Waals surface area contributed by atoms with Gasteiger partial charge in [-0.3, -0.25) is 9.59 Å². The molecule has 192 valence electrons. The number of aromatic nitrogens is 1. The Bertz CT molecular complexity index is 1080. The van der Waals surface area contributed by atoms with Gasteiger partial charge >= 0.3 is 0 Å². The number of methoxy groups -OCH3 is 1. The van der Waals surface area contributed by atoms with Gasteiger partial charge in [-0.15, -0.1) is 0 Å². The van der Waals surface area contributed by atoms with Crippen molar-refractivity contribution in [3.05, 3.63) is 53.2 Å². The number of anilines is 1. The molecule has 1 saturated carbocycles. The number of pyridine rings is 1. The van der Waals surface area contributed by atoms with Crippen molar-refractivity contribution in [2.45, 2.75) is 63.6 Å². The summed E-state index contributed by atoms with van der Waals surface area (Å²) in [5.74, 6) is 2.09. The number of rotatable bonds is 6. The first-order chi connectivity index (χ1) is 17.5. The van der Waals surface area contributed by atoms with E-state index >= 15 is 0 Å². The molecule has 36 heavy (non-hydrogen) atoms. The number of amides is 2. The second-order valence-corrected chi connectivity index (χ2v) is 10.3. The number of fused-ring (bicyclic) bond motifs is 1. The molecule has 3 atom stereocenters. The van der Waals surface area contributed by atoms with Crippen LogP contribution in [0.25, 0.3) is 0 Å². The van der Waals surface area contributed by atoms with E-state index in [1.165, 1.54) is 6.42 Å². The van der Waals surface area contributed by atoms with Crippen LogP contribution in [0.5, 0.6) is 5.75 Å². The quantitative estimate of drug-likeness (QED) is 0.575. The highest BCUT2D eigenvalue weighted by molar-refractivity contribution is 5.96. The second kappa shape index (κ2) is 10.9. The van der Waals surface area contributed by atoms with Crippen molar-refractivity contribution in [2.24, 2.45) is 5.92 Å². The molecule has 8 heteroatoms. The van der Waals surface area contributed by atoms with Crippen molar-refractivity contribution in [1.82, 2.24) is 20.9 Å². The van der Waals surface area contributed by atoms with Crippen LogP contribution in [-0.2, 0) is 0 Å². The van der Waals surface area contributed by atoms with Crippen LogP contribution in [0.4, 0.5) is 5.82 Å². The number of carbonyl (C=O) groups is 2. The summed E-state index contributed by atoms with van der Waals surface area (Å²) >= 11 is 0. The van der Waals surface area contributed by atoms with Gasteiger partial charge in [0.25, 0.3) is 11.8 Å². The first-order valence-electron chi connectivity index (χ1n) is 13.2. The smallest absolute Gasteiger partial charge is 0.253 e. The topological polar surface area (TPSA) is 95.6 Å². The molecule has 2 amide bonds. The lowest BCUT2D eigenvalue weighted by atomic mass is 9.76. The third kappa shape index (κ3) is 5.19. The standard InChI is InChI=1S/C28H37N5O3/c1-18-23(4-3-5-25(18)36-2)28(35)32-22-12-15-33(24-8-6-19(24)16-22)26-9-7-20(17-30-26)27(34)31-21-10-13-29-14-11-21/h3-5,7,9,17,19,21-22,24,29H,6,8,10-16H2,1-2H3,(H,31,34)(H,32,35). The highest BCUT2D eigenvalue weighted by Crippen LogP contribution is 2.40. The fourth-order valence-corrected chi connectivity index (χ4v) is 5.87. The van der Waals surface area contributed by atoms with E-state index in [0.29, 0.717) is 23.1 Å². The van der Waals surface area contributed by atoms with Gasteiger partial charge < -0.3 is 25.6 Å². The number of nitrogens with one attached hydrogen (secondary N) is 3. The fourth-order valence-electron chi connectivity index (χ4n) is 5.87. The van der Waals surface area contributed by atoms with Gasteiger partial charge in [0.1, 0.15) is 11.6 Å². The van der Waals surface area contributed by atoms with Crippen LogP contribution in [0, 0.1) is 12.8 Å². The molecule has 1 aromatic heterocycles. The molecule has 3 N–H and O–H groups in total. The molecule has 1 aliphatic carbocycles. The molecule has 2 aromatic rings. The summed E-state index contributed by atoms with van der Waals surface area (Å²) in [6.07, 6.45) is 7.78. The van der Waals surface area contributed by atoms with Gasteiger partial charge in [-0.1, -0.05) is 6.07 Å². The van der Waals surface area contributed by atoms with Gasteiger partial charge in [-0.05, 0) is 88.7 Å². The van der Waals surface area contributed by atoms with Crippen LogP contribution in [0.2, 0.25) is 0 Å². The van der Waals surface area contributed by atoms with E-state index in [0.717, 1.165) is 68.9 Å². The molecule has 2 saturated heterocycles. The largest absolute Gasteiger partial charge is 0.496 e. The Morgan fingerprint density at radius 3 is 2.50 bits per heavy atom. The Morgan fingerprint density at radius 1 is 1.00 bits per heavy atom. The summed E-state index contributed by atoms with van der Waals surface area (Å²) in [5.41, 5.74) is 2.14. The molecule has 3 unspecified atom stereocenters. The number of hydrogen-bond donors (Lipinski definition) is 3. The predicted molar refractivity (Wildman–Crippen MR) is 140 cm³/mol. The average molecular weight is 492 g/mol. The van der Waals surface area contributed by atoms with Gasteiger partial charge in [0.2, 0.25) is 0 Å². The Morgan fingerprint density at radius 2 is 1.81 bits per heavy atom. The number of nitrogens with zero attached hydrogens (tertiary/aromatic N) is 2. The Kier molecular flexibility index (Phi) is 7.41. The molecule has 0 spiro atoms. The zero-order valence-electron chi connectivity index (χ0n) is 21.3. The first-order valence-corrected chi connectivity index (χ1v) is 13.2. The summed E-state index contributed by atoms with van der Waals surface area (Å²) in [5, 5.41) is 9.75. The Labute approximate surface area is 213 Å². The zero-order valence-corrected chi connectivity index (χ0v) is 21.3. The van der Waals surface area contributed by atoms with E-state index in [9.17, 15) is 9.59 Å². The normalized spacial score (nSPS) is 24.2. The maximum absolute atomic E-state index is 13.1. The predicted octanol–water partition coefficient (Wildman–Crippen LogP) is 3.06. The van der Waals surface area contributed by atoms with Crippen molar-refractivity contribution < 1.29 is 14.3 Å². The third-order valence-corrected chi connectivity index (χ3v) is 8.15. The minimum absolute atomic E-state index is 0.0389. The lowest BCUT2D eigenvalue weighted by Crippen LogP contribution is -2.47. The average Bonchev–Trinajstić information content (AvgIpc) is 3.00. The van der Waals surface area contributed by atoms with Gasteiger partial charge in [0.05, 0.1) is 12.7 Å². The third-order valence-electron chi connectivity index (χ3n) is 8.15. The lowest BCUT2D eigenvalue weighted by molar-refractivity contribution is 0.0918. The van der Waals surface area contributed by atoms with Crippen molar-refractivity contribution in [3.63, 3.8) is 0 Å².